The Kier molecular flexibility index (Phi) is 7.38. The number of hydrogen-bond acceptors (Lipinski definition) is 5. The maximum Gasteiger partial charge on any atom is 0.245 e. The lowest BCUT2D eigenvalue weighted by atomic mass is 10.0. The molecule has 2 aromatic rings. The molecule has 0 aliphatic heterocycles. The van der Waals surface area contributed by atoms with Crippen molar-refractivity contribution in [2.75, 3.05) is 12.3 Å². The van der Waals surface area contributed by atoms with Gasteiger partial charge >= 0.3 is 0 Å². The molecule has 148 valence electrons. The molecule has 0 amide bonds. The first-order chi connectivity index (χ1) is 12.7. The number of nitrogens with zero attached hydrogens (tertiary/aromatic N) is 1. The second-order valence-electron chi connectivity index (χ2n) is 7.20. The molecule has 5 N–H and O–H groups in total. The van der Waals surface area contributed by atoms with Crippen LogP contribution in [0.1, 0.15) is 25.8 Å². The zero-order chi connectivity index (χ0) is 20.0. The van der Waals surface area contributed by atoms with Crippen molar-refractivity contribution in [3.8, 4) is 0 Å². The van der Waals surface area contributed by atoms with Crippen LogP contribution in [-0.2, 0) is 16.4 Å². The molecule has 0 radical (unpaired) electrons. The SMILES string of the molecule is CC(C)CN(C(O)C[C@@H](N)Cc1ccccc1)S(=O)(=O)c1ccc(N)cc1. The van der Waals surface area contributed by atoms with E-state index in [4.69, 9.17) is 11.5 Å². The van der Waals surface area contributed by atoms with E-state index >= 15 is 0 Å². The summed E-state index contributed by atoms with van der Waals surface area (Å²) in [5.41, 5.74) is 13.4. The standard InChI is InChI=1S/C20H29N3O3S/c1-15(2)14-23(27(25,26)19-10-8-17(21)9-11-19)20(24)13-18(22)12-16-6-4-3-5-7-16/h3-11,15,18,20,24H,12-14,21-22H2,1-2H3/t18-,20?/m0/s1. The zero-order valence-corrected chi connectivity index (χ0v) is 16.6. The highest BCUT2D eigenvalue weighted by molar-refractivity contribution is 7.89. The van der Waals surface area contributed by atoms with E-state index in [9.17, 15) is 13.5 Å². The Balaban J connectivity index is 2.17. The van der Waals surface area contributed by atoms with E-state index in [0.29, 0.717) is 12.1 Å². The lowest BCUT2D eigenvalue weighted by molar-refractivity contribution is 0.0434. The van der Waals surface area contributed by atoms with E-state index in [1.807, 2.05) is 44.2 Å². The molecule has 0 fully saturated rings. The maximum absolute atomic E-state index is 13.0. The third-order valence-electron chi connectivity index (χ3n) is 4.22. The summed E-state index contributed by atoms with van der Waals surface area (Å²) in [5.74, 6) is 0.0496. The Labute approximate surface area is 161 Å². The van der Waals surface area contributed by atoms with Crippen LogP contribution in [0, 0.1) is 5.92 Å². The summed E-state index contributed by atoms with van der Waals surface area (Å²) in [4.78, 5) is 0.105. The summed E-state index contributed by atoms with van der Waals surface area (Å²) in [6, 6.07) is 15.3. The molecule has 6 nitrogen and oxygen atoms in total. The number of benzene rings is 2. The number of rotatable bonds is 9. The smallest absolute Gasteiger partial charge is 0.245 e. The summed E-state index contributed by atoms with van der Waals surface area (Å²) in [6.45, 7) is 4.01. The molecule has 27 heavy (non-hydrogen) atoms. The van der Waals surface area contributed by atoms with Crippen molar-refractivity contribution in [1.82, 2.24) is 4.31 Å². The monoisotopic (exact) mass is 391 g/mol. The van der Waals surface area contributed by atoms with Gasteiger partial charge in [0.15, 0.2) is 0 Å². The largest absolute Gasteiger partial charge is 0.399 e. The predicted octanol–water partition coefficient (Wildman–Crippen LogP) is 2.19. The average molecular weight is 392 g/mol. The highest BCUT2D eigenvalue weighted by Gasteiger charge is 2.31. The molecule has 0 bridgehead atoms. The van der Waals surface area contributed by atoms with Crippen LogP contribution in [0.25, 0.3) is 0 Å². The van der Waals surface area contributed by atoms with E-state index in [-0.39, 0.29) is 29.8 Å². The van der Waals surface area contributed by atoms with Crippen molar-refractivity contribution in [2.45, 2.75) is 43.9 Å². The Morgan fingerprint density at radius 3 is 2.19 bits per heavy atom. The summed E-state index contributed by atoms with van der Waals surface area (Å²) in [6.07, 6.45) is -0.487. The number of hydrogen-bond donors (Lipinski definition) is 3. The van der Waals surface area contributed by atoms with Gasteiger partial charge in [-0.05, 0) is 42.2 Å². The second-order valence-corrected chi connectivity index (χ2v) is 9.09. The minimum atomic E-state index is -3.86. The molecule has 7 heteroatoms. The van der Waals surface area contributed by atoms with Crippen molar-refractivity contribution in [1.29, 1.82) is 0 Å². The molecule has 0 aliphatic rings. The van der Waals surface area contributed by atoms with Crippen LogP contribution in [0.3, 0.4) is 0 Å². The van der Waals surface area contributed by atoms with Gasteiger partial charge in [-0.15, -0.1) is 0 Å². The third kappa shape index (κ3) is 6.04. The highest BCUT2D eigenvalue weighted by atomic mass is 32.2. The highest BCUT2D eigenvalue weighted by Crippen LogP contribution is 2.22. The lowest BCUT2D eigenvalue weighted by Gasteiger charge is -2.30. The van der Waals surface area contributed by atoms with Crippen LogP contribution in [0.4, 0.5) is 5.69 Å². The Bertz CT molecular complexity index is 808. The van der Waals surface area contributed by atoms with Crippen LogP contribution < -0.4 is 11.5 Å². The number of anilines is 1. The summed E-state index contributed by atoms with van der Waals surface area (Å²) < 4.78 is 27.2. The molecule has 2 aromatic carbocycles. The van der Waals surface area contributed by atoms with E-state index in [1.165, 1.54) is 24.3 Å². The second kappa shape index (κ2) is 9.32. The minimum Gasteiger partial charge on any atom is -0.399 e. The van der Waals surface area contributed by atoms with Crippen LogP contribution in [-0.4, -0.2) is 36.6 Å². The third-order valence-corrected chi connectivity index (χ3v) is 6.10. The first-order valence-electron chi connectivity index (χ1n) is 9.05. The van der Waals surface area contributed by atoms with Gasteiger partial charge in [-0.3, -0.25) is 0 Å². The molecule has 1 unspecified atom stereocenters. The molecular weight excluding hydrogens is 362 g/mol. The molecule has 2 atom stereocenters. The van der Waals surface area contributed by atoms with Crippen LogP contribution >= 0.6 is 0 Å². The number of sulfonamides is 1. The molecule has 0 saturated heterocycles. The number of nitrogen functional groups attached to an aromatic ring is 1. The van der Waals surface area contributed by atoms with Gasteiger partial charge < -0.3 is 16.6 Å². The van der Waals surface area contributed by atoms with Crippen molar-refractivity contribution < 1.29 is 13.5 Å². The molecule has 2 rings (SSSR count). The van der Waals surface area contributed by atoms with E-state index < -0.39 is 16.3 Å². The zero-order valence-electron chi connectivity index (χ0n) is 15.8. The van der Waals surface area contributed by atoms with Gasteiger partial charge in [0.25, 0.3) is 0 Å². The molecule has 0 heterocycles. The predicted molar refractivity (Wildman–Crippen MR) is 108 cm³/mol. The van der Waals surface area contributed by atoms with Crippen molar-refractivity contribution in [3.05, 3.63) is 60.2 Å². The first-order valence-corrected chi connectivity index (χ1v) is 10.5. The van der Waals surface area contributed by atoms with Gasteiger partial charge in [0.05, 0.1) is 4.90 Å². The summed E-state index contributed by atoms with van der Waals surface area (Å²) in [7, 11) is -3.86. The number of aliphatic hydroxyl groups excluding tert-OH is 1. The molecular formula is C20H29N3O3S. The first kappa shape index (κ1) is 21.4. The van der Waals surface area contributed by atoms with Gasteiger partial charge in [-0.2, -0.15) is 4.31 Å². The van der Waals surface area contributed by atoms with E-state index in [2.05, 4.69) is 0 Å². The van der Waals surface area contributed by atoms with Gasteiger partial charge in [-0.25, -0.2) is 8.42 Å². The van der Waals surface area contributed by atoms with Crippen LogP contribution in [0.15, 0.2) is 59.5 Å². The quantitative estimate of drug-likeness (QED) is 0.448. The Hall–Kier alpha value is -1.93. The normalized spacial score (nSPS) is 14.4. The van der Waals surface area contributed by atoms with Crippen molar-refractivity contribution >= 4 is 15.7 Å². The molecule has 0 aliphatic carbocycles. The van der Waals surface area contributed by atoms with Crippen molar-refractivity contribution in [2.24, 2.45) is 11.7 Å². The molecule has 0 spiro atoms. The fourth-order valence-corrected chi connectivity index (χ4v) is 4.56. The topological polar surface area (TPSA) is 110 Å². The van der Waals surface area contributed by atoms with E-state index in [0.717, 1.165) is 9.87 Å². The maximum atomic E-state index is 13.0. The van der Waals surface area contributed by atoms with Gasteiger partial charge in [-0.1, -0.05) is 44.2 Å². The molecule has 0 aromatic heterocycles. The summed E-state index contributed by atoms with van der Waals surface area (Å²) >= 11 is 0. The number of nitrogens with two attached hydrogens (primary N) is 2. The van der Waals surface area contributed by atoms with Gasteiger partial charge in [0.2, 0.25) is 10.0 Å². The lowest BCUT2D eigenvalue weighted by Crippen LogP contribution is -2.45. The Morgan fingerprint density at radius 1 is 1.04 bits per heavy atom. The van der Waals surface area contributed by atoms with Crippen molar-refractivity contribution in [3.63, 3.8) is 0 Å². The van der Waals surface area contributed by atoms with Crippen LogP contribution in [0.5, 0.6) is 0 Å². The van der Waals surface area contributed by atoms with Crippen LogP contribution in [0.2, 0.25) is 0 Å². The average Bonchev–Trinajstić information content (AvgIpc) is 2.60. The fraction of sp³-hybridized carbons (Fsp3) is 0.400. The summed E-state index contributed by atoms with van der Waals surface area (Å²) in [5, 5.41) is 10.7. The van der Waals surface area contributed by atoms with Gasteiger partial charge in [0, 0.05) is 24.7 Å². The van der Waals surface area contributed by atoms with Gasteiger partial charge in [0.1, 0.15) is 6.23 Å². The fourth-order valence-electron chi connectivity index (χ4n) is 2.90. The minimum absolute atomic E-state index is 0.0496. The number of aliphatic hydroxyl groups is 1. The molecule has 0 saturated carbocycles. The Morgan fingerprint density at radius 2 is 1.63 bits per heavy atom. The van der Waals surface area contributed by atoms with E-state index in [1.54, 1.807) is 0 Å².